The Labute approximate surface area is 235 Å². The molecule has 0 aliphatic carbocycles. The van der Waals surface area contributed by atoms with Crippen LogP contribution in [0.2, 0.25) is 0 Å². The van der Waals surface area contributed by atoms with E-state index >= 15 is 0 Å². The van der Waals surface area contributed by atoms with Crippen LogP contribution >= 0.6 is 0 Å². The van der Waals surface area contributed by atoms with Gasteiger partial charge in [-0.05, 0) is 62.2 Å². The summed E-state index contributed by atoms with van der Waals surface area (Å²) in [6, 6.07) is 13.5. The number of aryl methyl sites for hydroxylation is 2. The second-order valence-corrected chi connectivity index (χ2v) is 9.56. The Bertz CT molecular complexity index is 1730. The van der Waals surface area contributed by atoms with Crippen molar-refractivity contribution in [3.63, 3.8) is 0 Å². The minimum atomic E-state index is -0.617. The highest BCUT2D eigenvalue weighted by Crippen LogP contribution is 2.38. The second kappa shape index (κ2) is 11.4. The maximum absolute atomic E-state index is 13.3. The molecule has 1 aliphatic rings. The molecule has 12 nitrogen and oxygen atoms in total. The van der Waals surface area contributed by atoms with E-state index in [1.807, 2.05) is 18.4 Å². The van der Waals surface area contributed by atoms with Crippen LogP contribution in [0.4, 0.5) is 5.95 Å². The number of primary amides is 1. The number of imidazole rings is 1. The quantitative estimate of drug-likeness (QED) is 0.268. The van der Waals surface area contributed by atoms with Gasteiger partial charge in [-0.3, -0.25) is 24.4 Å². The molecule has 0 saturated heterocycles. The molecule has 3 heterocycles. The van der Waals surface area contributed by atoms with Crippen LogP contribution in [-0.2, 0) is 11.3 Å². The molecule has 4 aromatic rings. The van der Waals surface area contributed by atoms with Crippen LogP contribution in [0.3, 0.4) is 0 Å². The highest BCUT2D eigenvalue weighted by Gasteiger charge is 2.29. The number of amides is 3. The van der Waals surface area contributed by atoms with Crippen molar-refractivity contribution in [1.29, 1.82) is 5.26 Å². The van der Waals surface area contributed by atoms with Crippen LogP contribution in [0.1, 0.15) is 57.1 Å². The first-order valence-corrected chi connectivity index (χ1v) is 13.1. The summed E-state index contributed by atoms with van der Waals surface area (Å²) >= 11 is 0. The van der Waals surface area contributed by atoms with Crippen LogP contribution in [0.15, 0.2) is 48.5 Å². The van der Waals surface area contributed by atoms with Gasteiger partial charge in [0.1, 0.15) is 23.6 Å². The number of carbonyl (C=O) groups is 3. The predicted octanol–water partition coefficient (Wildman–Crippen LogP) is 2.94. The lowest BCUT2D eigenvalue weighted by atomic mass is 10.1. The number of hydrogen-bond donors (Lipinski definition) is 3. The van der Waals surface area contributed by atoms with E-state index in [0.717, 1.165) is 11.3 Å². The van der Waals surface area contributed by atoms with Crippen LogP contribution < -0.4 is 21.1 Å². The van der Waals surface area contributed by atoms with Gasteiger partial charge < -0.3 is 20.4 Å². The SMILES string of the molecule is CCn1nc(C)cc1C(=O)Nc1nc2cc(C(N)=O)cc3c2n1[C@@H](CCNC(=O)/C=C/c1ccc(C#N)cc1)CO3. The Hall–Kier alpha value is -5.44. The standard InChI is InChI=1S/C29H28N8O4/c1-3-36-23(12-17(2)35-36)28(40)34-29-33-22-13-20(27(31)39)14-24-26(22)37(29)21(16-41-24)10-11-32-25(38)9-8-18-4-6-19(15-30)7-5-18/h4-9,12-14,21H,3,10-11,16H2,1-2H3,(H2,31,39)(H,32,38)(H,33,34,40)/b9-8+/t21-/m0/s1. The van der Waals surface area contributed by atoms with Gasteiger partial charge in [-0.25, -0.2) is 4.98 Å². The number of rotatable bonds is 9. The van der Waals surface area contributed by atoms with E-state index in [4.69, 9.17) is 15.7 Å². The normalized spacial score (nSPS) is 14.0. The topological polar surface area (TPSA) is 170 Å². The third-order valence-corrected chi connectivity index (χ3v) is 6.73. The Balaban J connectivity index is 1.36. The molecule has 0 unspecified atom stereocenters. The Morgan fingerprint density at radius 3 is 2.71 bits per heavy atom. The molecule has 208 valence electrons. The van der Waals surface area contributed by atoms with Gasteiger partial charge in [0, 0.05) is 24.7 Å². The monoisotopic (exact) mass is 552 g/mol. The molecular formula is C29H28N8O4. The fourth-order valence-corrected chi connectivity index (χ4v) is 4.76. The summed E-state index contributed by atoms with van der Waals surface area (Å²) in [4.78, 5) is 42.2. The smallest absolute Gasteiger partial charge is 0.276 e. The molecule has 12 heteroatoms. The van der Waals surface area contributed by atoms with Crippen molar-refractivity contribution in [1.82, 2.24) is 24.6 Å². The first-order valence-electron chi connectivity index (χ1n) is 13.1. The van der Waals surface area contributed by atoms with E-state index in [1.165, 1.54) is 6.08 Å². The Kier molecular flexibility index (Phi) is 7.51. The summed E-state index contributed by atoms with van der Waals surface area (Å²) in [6.45, 7) is 4.79. The van der Waals surface area contributed by atoms with E-state index in [-0.39, 0.29) is 36.0 Å². The molecule has 0 fully saturated rings. The fraction of sp³-hybridized carbons (Fsp3) is 0.241. The van der Waals surface area contributed by atoms with Gasteiger partial charge in [-0.2, -0.15) is 10.4 Å². The van der Waals surface area contributed by atoms with Gasteiger partial charge in [0.2, 0.25) is 17.8 Å². The van der Waals surface area contributed by atoms with Crippen molar-refractivity contribution in [2.45, 2.75) is 32.9 Å². The third kappa shape index (κ3) is 5.65. The Morgan fingerprint density at radius 2 is 2.00 bits per heavy atom. The summed E-state index contributed by atoms with van der Waals surface area (Å²) in [7, 11) is 0. The zero-order chi connectivity index (χ0) is 29.1. The van der Waals surface area contributed by atoms with Gasteiger partial charge in [0.25, 0.3) is 5.91 Å². The molecule has 2 aromatic heterocycles. The number of carbonyl (C=O) groups excluding carboxylic acids is 3. The van der Waals surface area contributed by atoms with E-state index < -0.39 is 5.91 Å². The number of aromatic nitrogens is 4. The van der Waals surface area contributed by atoms with Gasteiger partial charge in [0.15, 0.2) is 0 Å². The molecule has 1 aliphatic heterocycles. The summed E-state index contributed by atoms with van der Waals surface area (Å²) in [6.07, 6.45) is 3.58. The van der Waals surface area contributed by atoms with Gasteiger partial charge in [-0.15, -0.1) is 0 Å². The number of benzene rings is 2. The van der Waals surface area contributed by atoms with Crippen molar-refractivity contribution < 1.29 is 19.1 Å². The number of ether oxygens (including phenoxy) is 1. The molecule has 0 spiro atoms. The zero-order valence-corrected chi connectivity index (χ0v) is 22.5. The van der Waals surface area contributed by atoms with E-state index in [0.29, 0.717) is 47.6 Å². The van der Waals surface area contributed by atoms with Crippen LogP contribution in [-0.4, -0.2) is 50.2 Å². The fourth-order valence-electron chi connectivity index (χ4n) is 4.76. The van der Waals surface area contributed by atoms with Crippen LogP contribution in [0.5, 0.6) is 5.75 Å². The van der Waals surface area contributed by atoms with Crippen LogP contribution in [0.25, 0.3) is 17.1 Å². The van der Waals surface area contributed by atoms with Crippen molar-refractivity contribution in [2.75, 3.05) is 18.5 Å². The maximum Gasteiger partial charge on any atom is 0.276 e. The van der Waals surface area contributed by atoms with Crippen molar-refractivity contribution in [3.8, 4) is 11.8 Å². The molecule has 4 N–H and O–H groups in total. The van der Waals surface area contributed by atoms with E-state index in [2.05, 4.69) is 26.8 Å². The van der Waals surface area contributed by atoms with Crippen molar-refractivity contribution in [3.05, 3.63) is 76.6 Å². The highest BCUT2D eigenvalue weighted by atomic mass is 16.5. The molecule has 41 heavy (non-hydrogen) atoms. The predicted molar refractivity (Wildman–Crippen MR) is 151 cm³/mol. The molecule has 3 amide bonds. The average Bonchev–Trinajstić information content (AvgIpc) is 3.54. The molecule has 0 saturated carbocycles. The Morgan fingerprint density at radius 1 is 1.22 bits per heavy atom. The lowest BCUT2D eigenvalue weighted by Crippen LogP contribution is -2.30. The summed E-state index contributed by atoms with van der Waals surface area (Å²) < 4.78 is 9.46. The zero-order valence-electron chi connectivity index (χ0n) is 22.5. The van der Waals surface area contributed by atoms with Gasteiger partial charge >= 0.3 is 0 Å². The van der Waals surface area contributed by atoms with Crippen LogP contribution in [0, 0.1) is 18.3 Å². The number of nitriles is 1. The first-order chi connectivity index (χ1) is 19.8. The third-order valence-electron chi connectivity index (χ3n) is 6.73. The number of nitrogens with one attached hydrogen (secondary N) is 2. The minimum absolute atomic E-state index is 0.229. The summed E-state index contributed by atoms with van der Waals surface area (Å²) in [5.41, 5.74) is 9.28. The lowest BCUT2D eigenvalue weighted by Gasteiger charge is -2.27. The first kappa shape index (κ1) is 27.1. The van der Waals surface area contributed by atoms with Crippen molar-refractivity contribution in [2.24, 2.45) is 5.73 Å². The minimum Gasteiger partial charge on any atom is -0.489 e. The van der Waals surface area contributed by atoms with Gasteiger partial charge in [-0.1, -0.05) is 12.1 Å². The number of anilines is 1. The summed E-state index contributed by atoms with van der Waals surface area (Å²) in [5, 5.41) is 19.0. The van der Waals surface area contributed by atoms with Gasteiger partial charge in [0.05, 0.1) is 28.9 Å². The van der Waals surface area contributed by atoms with E-state index in [1.54, 1.807) is 53.2 Å². The molecule has 1 atom stereocenters. The maximum atomic E-state index is 13.3. The molecule has 5 rings (SSSR count). The molecular weight excluding hydrogens is 524 g/mol. The highest BCUT2D eigenvalue weighted by molar-refractivity contribution is 6.04. The van der Waals surface area contributed by atoms with Crippen molar-refractivity contribution >= 4 is 40.8 Å². The number of nitrogens with zero attached hydrogens (tertiary/aromatic N) is 5. The lowest BCUT2D eigenvalue weighted by molar-refractivity contribution is -0.116. The molecule has 0 radical (unpaired) electrons. The number of hydrogen-bond acceptors (Lipinski definition) is 7. The largest absolute Gasteiger partial charge is 0.489 e. The molecule has 2 aromatic carbocycles. The second-order valence-electron chi connectivity index (χ2n) is 9.56. The molecule has 0 bridgehead atoms. The average molecular weight is 553 g/mol. The van der Waals surface area contributed by atoms with E-state index in [9.17, 15) is 14.4 Å². The number of nitrogens with two attached hydrogens (primary N) is 1. The summed E-state index contributed by atoms with van der Waals surface area (Å²) in [5.74, 6) is -0.542.